The molecule has 2 aromatic carbocycles. The van der Waals surface area contributed by atoms with E-state index in [0.29, 0.717) is 18.7 Å². The number of aromatic amines is 2. The number of H-pyrrole nitrogens is 2. The predicted octanol–water partition coefficient (Wildman–Crippen LogP) is 5.29. The number of aromatic nitrogens is 7. The maximum Gasteiger partial charge on any atom is 0.254 e. The summed E-state index contributed by atoms with van der Waals surface area (Å²) < 4.78 is 0. The molecule has 8 nitrogen and oxygen atoms in total. The van der Waals surface area contributed by atoms with Crippen molar-refractivity contribution in [1.29, 1.82) is 0 Å². The summed E-state index contributed by atoms with van der Waals surface area (Å²) in [4.78, 5) is 25.8. The highest BCUT2D eigenvalue weighted by Gasteiger charge is 2.14. The Morgan fingerprint density at radius 2 is 1.64 bits per heavy atom. The molecule has 0 atom stereocenters. The first-order chi connectivity index (χ1) is 19.1. The highest BCUT2D eigenvalue weighted by Crippen LogP contribution is 2.30. The first-order valence-electron chi connectivity index (χ1n) is 13.6. The Labute approximate surface area is 228 Å². The van der Waals surface area contributed by atoms with Crippen LogP contribution < -0.4 is 5.56 Å². The Morgan fingerprint density at radius 3 is 2.33 bits per heavy atom. The molecule has 0 radical (unpaired) electrons. The molecule has 8 heteroatoms. The number of benzene rings is 2. The third-order valence-electron chi connectivity index (χ3n) is 6.99. The second-order valence-electron chi connectivity index (χ2n) is 9.71. The topological polar surface area (TPSA) is 113 Å². The van der Waals surface area contributed by atoms with Crippen LogP contribution in [0.15, 0.2) is 71.7 Å². The largest absolute Gasteiger partial charge is 0.310 e. The Balaban J connectivity index is 1.36. The molecule has 0 bridgehead atoms. The maximum absolute atomic E-state index is 13.3. The molecule has 3 heterocycles. The van der Waals surface area contributed by atoms with Gasteiger partial charge in [-0.15, -0.1) is 10.2 Å². The number of nitrogens with one attached hydrogen (secondary N) is 2. The van der Waals surface area contributed by atoms with Crippen molar-refractivity contribution in [2.45, 2.75) is 58.8 Å². The Bertz CT molecular complexity index is 1560. The van der Waals surface area contributed by atoms with Crippen LogP contribution in [-0.4, -0.2) is 35.6 Å². The third-order valence-corrected chi connectivity index (χ3v) is 6.99. The summed E-state index contributed by atoms with van der Waals surface area (Å²) in [6.07, 6.45) is 7.67. The first kappa shape index (κ1) is 26.2. The van der Waals surface area contributed by atoms with E-state index in [-0.39, 0.29) is 5.56 Å². The molecular formula is C31H33N7O. The van der Waals surface area contributed by atoms with E-state index in [1.54, 1.807) is 0 Å². The summed E-state index contributed by atoms with van der Waals surface area (Å²) in [5, 5.41) is 14.5. The molecule has 5 aromatic rings. The van der Waals surface area contributed by atoms with Crippen molar-refractivity contribution < 1.29 is 0 Å². The molecule has 0 fully saturated rings. The van der Waals surface area contributed by atoms with Gasteiger partial charge in [0.1, 0.15) is 5.82 Å². The maximum atomic E-state index is 13.3. The average molecular weight is 520 g/mol. The van der Waals surface area contributed by atoms with Gasteiger partial charge < -0.3 is 4.98 Å². The van der Waals surface area contributed by atoms with Crippen LogP contribution in [0.25, 0.3) is 22.5 Å². The smallest absolute Gasteiger partial charge is 0.254 e. The van der Waals surface area contributed by atoms with E-state index >= 15 is 0 Å². The molecule has 0 aliphatic heterocycles. The summed E-state index contributed by atoms with van der Waals surface area (Å²) in [6, 6.07) is 20.5. The zero-order chi connectivity index (χ0) is 27.0. The van der Waals surface area contributed by atoms with E-state index in [0.717, 1.165) is 77.1 Å². The number of hydrogen-bond acceptors (Lipinski definition) is 6. The van der Waals surface area contributed by atoms with Gasteiger partial charge in [0.2, 0.25) is 5.82 Å². The van der Waals surface area contributed by atoms with Crippen molar-refractivity contribution >= 4 is 0 Å². The van der Waals surface area contributed by atoms with Crippen LogP contribution in [0.4, 0.5) is 0 Å². The number of nitrogens with zero attached hydrogens (tertiary/aromatic N) is 5. The minimum absolute atomic E-state index is 0.0491. The third kappa shape index (κ3) is 6.34. The summed E-state index contributed by atoms with van der Waals surface area (Å²) in [6.45, 7) is 4.28. The van der Waals surface area contributed by atoms with Crippen LogP contribution in [0, 0.1) is 0 Å². The molecule has 2 N–H and O–H groups in total. The van der Waals surface area contributed by atoms with Gasteiger partial charge in [-0.1, -0.05) is 74.9 Å². The van der Waals surface area contributed by atoms with Gasteiger partial charge in [-0.2, -0.15) is 5.21 Å². The van der Waals surface area contributed by atoms with E-state index in [9.17, 15) is 4.79 Å². The molecule has 0 saturated heterocycles. The van der Waals surface area contributed by atoms with E-state index in [1.165, 1.54) is 5.56 Å². The zero-order valence-electron chi connectivity index (χ0n) is 22.4. The number of hydrogen-bond donors (Lipinski definition) is 2. The van der Waals surface area contributed by atoms with Crippen molar-refractivity contribution in [3.63, 3.8) is 0 Å². The second kappa shape index (κ2) is 12.4. The summed E-state index contributed by atoms with van der Waals surface area (Å²) in [5.74, 6) is 1.28. The minimum Gasteiger partial charge on any atom is -0.310 e. The fourth-order valence-electron chi connectivity index (χ4n) is 4.72. The number of pyridine rings is 1. The lowest BCUT2D eigenvalue weighted by atomic mass is 9.96. The van der Waals surface area contributed by atoms with Crippen molar-refractivity contribution in [1.82, 2.24) is 35.6 Å². The Hall–Kier alpha value is -4.46. The number of tetrazole rings is 1. The van der Waals surface area contributed by atoms with E-state index in [1.807, 2.05) is 30.5 Å². The van der Waals surface area contributed by atoms with Gasteiger partial charge in [0.15, 0.2) is 0 Å². The number of unbranched alkanes of at least 4 members (excludes halogenated alkanes) is 1. The van der Waals surface area contributed by atoms with Gasteiger partial charge in [0.25, 0.3) is 5.56 Å². The zero-order valence-corrected chi connectivity index (χ0v) is 22.4. The van der Waals surface area contributed by atoms with E-state index in [4.69, 9.17) is 4.98 Å². The molecule has 0 spiro atoms. The lowest BCUT2D eigenvalue weighted by molar-refractivity contribution is 0.733. The van der Waals surface area contributed by atoms with Crippen LogP contribution in [-0.2, 0) is 32.1 Å². The number of rotatable bonds is 11. The van der Waals surface area contributed by atoms with Crippen LogP contribution in [0.2, 0.25) is 0 Å². The normalized spacial score (nSPS) is 11.1. The van der Waals surface area contributed by atoms with Crippen molar-refractivity contribution in [3.05, 3.63) is 111 Å². The van der Waals surface area contributed by atoms with Crippen LogP contribution in [0.1, 0.15) is 60.6 Å². The fourth-order valence-corrected chi connectivity index (χ4v) is 4.72. The van der Waals surface area contributed by atoms with E-state index in [2.05, 4.69) is 80.8 Å². The first-order valence-corrected chi connectivity index (χ1v) is 13.6. The monoisotopic (exact) mass is 519 g/mol. The van der Waals surface area contributed by atoms with E-state index < -0.39 is 0 Å². The Kier molecular flexibility index (Phi) is 8.31. The molecule has 0 saturated carbocycles. The SMILES string of the molecule is CCCCc1nc(CCc2ccc(CC)cn2)[nH]c(=O)c1Cc1ccc(-c2ccccc2-c2nn[nH]n2)cc1. The molecule has 198 valence electrons. The van der Waals surface area contributed by atoms with Gasteiger partial charge in [-0.25, -0.2) is 4.98 Å². The van der Waals surface area contributed by atoms with Gasteiger partial charge >= 0.3 is 0 Å². The molecule has 39 heavy (non-hydrogen) atoms. The number of aryl methyl sites for hydroxylation is 4. The van der Waals surface area contributed by atoms with Crippen molar-refractivity contribution in [3.8, 4) is 22.5 Å². The second-order valence-corrected chi connectivity index (χ2v) is 9.71. The van der Waals surface area contributed by atoms with Crippen LogP contribution >= 0.6 is 0 Å². The lowest BCUT2D eigenvalue weighted by Gasteiger charge is -2.12. The highest BCUT2D eigenvalue weighted by molar-refractivity contribution is 5.80. The molecule has 3 aromatic heterocycles. The van der Waals surface area contributed by atoms with Crippen molar-refractivity contribution in [2.24, 2.45) is 0 Å². The average Bonchev–Trinajstić information content (AvgIpc) is 3.52. The predicted molar refractivity (Wildman–Crippen MR) is 152 cm³/mol. The standard InChI is InChI=1S/C31H33N7O/c1-3-5-10-28-27(31(39)34-29(33-28)18-17-24-16-13-21(4-2)20-32-24)19-22-11-14-23(15-12-22)25-8-6-7-9-26(25)30-35-37-38-36-30/h6-9,11-16,20H,3-5,10,17-19H2,1-2H3,(H,33,34,39)(H,35,36,37,38). The molecule has 0 aliphatic rings. The van der Waals surface area contributed by atoms with Crippen LogP contribution in [0.5, 0.6) is 0 Å². The molecule has 0 amide bonds. The lowest BCUT2D eigenvalue weighted by Crippen LogP contribution is -2.21. The highest BCUT2D eigenvalue weighted by atomic mass is 16.1. The molecular weight excluding hydrogens is 486 g/mol. The van der Waals surface area contributed by atoms with Gasteiger partial charge in [0, 0.05) is 35.9 Å². The fraction of sp³-hybridized carbons (Fsp3) is 0.290. The summed E-state index contributed by atoms with van der Waals surface area (Å²) in [5.41, 5.74) is 7.88. The van der Waals surface area contributed by atoms with Gasteiger partial charge in [-0.3, -0.25) is 9.78 Å². The van der Waals surface area contributed by atoms with Crippen LogP contribution in [0.3, 0.4) is 0 Å². The molecule has 0 unspecified atom stereocenters. The van der Waals surface area contributed by atoms with Gasteiger partial charge in [0.05, 0.1) is 5.69 Å². The van der Waals surface area contributed by atoms with Gasteiger partial charge in [-0.05, 0) is 59.2 Å². The molecule has 5 rings (SSSR count). The van der Waals surface area contributed by atoms with Crippen molar-refractivity contribution in [2.75, 3.05) is 0 Å². The molecule has 0 aliphatic carbocycles. The summed E-state index contributed by atoms with van der Waals surface area (Å²) in [7, 11) is 0. The minimum atomic E-state index is -0.0491. The Morgan fingerprint density at radius 1 is 0.846 bits per heavy atom. The summed E-state index contributed by atoms with van der Waals surface area (Å²) >= 11 is 0. The quantitative estimate of drug-likeness (QED) is 0.245.